The summed E-state index contributed by atoms with van der Waals surface area (Å²) in [6.07, 6.45) is 13.1. The number of nitrogens with one attached hydrogen (secondary N) is 1. The van der Waals surface area contributed by atoms with E-state index in [-0.39, 0.29) is 5.69 Å². The Morgan fingerprint density at radius 2 is 1.64 bits per heavy atom. The van der Waals surface area contributed by atoms with Crippen molar-refractivity contribution >= 4 is 29.7 Å². The molecule has 0 saturated heterocycles. The predicted octanol–water partition coefficient (Wildman–Crippen LogP) is 5.32. The van der Waals surface area contributed by atoms with Crippen LogP contribution in [0.1, 0.15) is 67.7 Å². The third-order valence-electron chi connectivity index (χ3n) is 5.92. The van der Waals surface area contributed by atoms with Gasteiger partial charge in [-0.05, 0) is 97.8 Å². The molecule has 0 radical (unpaired) electrons. The van der Waals surface area contributed by atoms with Gasteiger partial charge >= 0.3 is 0 Å². The van der Waals surface area contributed by atoms with Crippen LogP contribution in [0.2, 0.25) is 0 Å². The second kappa shape index (κ2) is 14.7. The van der Waals surface area contributed by atoms with Gasteiger partial charge in [0.25, 0.3) is 5.69 Å². The van der Waals surface area contributed by atoms with Crippen LogP contribution in [0.15, 0.2) is 35.2 Å². The Labute approximate surface area is 201 Å². The molecule has 180 valence electrons. The Morgan fingerprint density at radius 3 is 2.09 bits per heavy atom. The van der Waals surface area contributed by atoms with E-state index >= 15 is 0 Å². The van der Waals surface area contributed by atoms with Crippen molar-refractivity contribution in [2.45, 2.75) is 76.0 Å². The smallest absolute Gasteiger partial charge is 0.269 e. The molecule has 0 aromatic heterocycles. The minimum atomic E-state index is -0.440. The predicted molar refractivity (Wildman–Crippen MR) is 137 cm³/mol. The quantitative estimate of drug-likeness (QED) is 0.157. The Hall–Kier alpha value is -2.42. The van der Waals surface area contributed by atoms with Gasteiger partial charge in [0.1, 0.15) is 0 Å². The van der Waals surface area contributed by atoms with Gasteiger partial charge in [0.15, 0.2) is 0 Å². The largest absolute Gasteiger partial charge is 0.330 e. The maximum atomic E-state index is 10.7. The summed E-state index contributed by atoms with van der Waals surface area (Å²) in [5.74, 6) is 0. The third kappa shape index (κ3) is 8.14. The topological polar surface area (TPSA) is 124 Å². The average molecular weight is 473 g/mol. The minimum absolute atomic E-state index is 0.0859. The van der Waals surface area contributed by atoms with Gasteiger partial charge in [-0.2, -0.15) is 0 Å². The lowest BCUT2D eigenvalue weighted by Gasteiger charge is -2.13. The SMILES string of the molecule is CCCCCCN.NSc1ccc([N+](=O)[O-])cc1.O=CNc1c2c(cc3c1CCC3)CCC2. The molecule has 0 atom stereocenters. The van der Waals surface area contributed by atoms with E-state index in [1.54, 1.807) is 12.1 Å². The van der Waals surface area contributed by atoms with Crippen molar-refractivity contribution in [2.75, 3.05) is 11.9 Å². The number of nitrogens with zero attached hydrogens (tertiary/aromatic N) is 1. The Kier molecular flexibility index (Phi) is 11.9. The molecule has 2 aliphatic rings. The first-order chi connectivity index (χ1) is 16.0. The number of rotatable bonds is 8. The molecule has 2 aromatic rings. The highest BCUT2D eigenvalue weighted by molar-refractivity contribution is 7.97. The van der Waals surface area contributed by atoms with Crippen molar-refractivity contribution in [2.24, 2.45) is 10.9 Å². The molecule has 0 aliphatic heterocycles. The zero-order valence-corrected chi connectivity index (χ0v) is 20.3. The highest BCUT2D eigenvalue weighted by Crippen LogP contribution is 2.38. The standard InChI is InChI=1S/C13H15NO.C6H6N2O2S.C6H15N/c15-8-14-13-11-5-1-3-9(11)7-10-4-2-6-12(10)13;7-11-6-3-1-5(2-4-6)8(9)10;1-2-3-4-5-6-7/h7-8H,1-6H2,(H,14,15);1-4H,7H2;2-7H2,1H3. The number of carbonyl (C=O) groups is 1. The van der Waals surface area contributed by atoms with Crippen LogP contribution in [0.25, 0.3) is 0 Å². The van der Waals surface area contributed by atoms with E-state index in [9.17, 15) is 14.9 Å². The van der Waals surface area contributed by atoms with Gasteiger partial charge in [0.2, 0.25) is 6.41 Å². The zero-order chi connectivity index (χ0) is 24.1. The molecule has 1 amide bonds. The molecule has 33 heavy (non-hydrogen) atoms. The highest BCUT2D eigenvalue weighted by atomic mass is 32.2. The molecule has 2 aliphatic carbocycles. The van der Waals surface area contributed by atoms with Crippen molar-refractivity contribution in [3.05, 3.63) is 62.7 Å². The molecule has 2 aromatic carbocycles. The first-order valence-corrected chi connectivity index (χ1v) is 12.6. The number of carbonyl (C=O) groups excluding carboxylic acids is 1. The fourth-order valence-corrected chi connectivity index (χ4v) is 4.56. The number of unbranched alkanes of at least 4 members (excludes halogenated alkanes) is 3. The fraction of sp³-hybridized carbons (Fsp3) is 0.480. The highest BCUT2D eigenvalue weighted by Gasteiger charge is 2.23. The van der Waals surface area contributed by atoms with Crippen LogP contribution in [-0.4, -0.2) is 17.9 Å². The molecular formula is C25H36N4O3S. The lowest BCUT2D eigenvalue weighted by Crippen LogP contribution is -2.03. The minimum Gasteiger partial charge on any atom is -0.330 e. The van der Waals surface area contributed by atoms with E-state index in [2.05, 4.69) is 18.3 Å². The number of non-ortho nitro benzene ring substituents is 1. The summed E-state index contributed by atoms with van der Waals surface area (Å²) in [6, 6.07) is 8.45. The number of hydrogen-bond acceptors (Lipinski definition) is 6. The van der Waals surface area contributed by atoms with Crippen LogP contribution in [0.5, 0.6) is 0 Å². The van der Waals surface area contributed by atoms with E-state index in [1.165, 1.54) is 85.8 Å². The number of aryl methyl sites for hydroxylation is 2. The lowest BCUT2D eigenvalue weighted by molar-refractivity contribution is -0.384. The first-order valence-electron chi connectivity index (χ1n) is 11.7. The summed E-state index contributed by atoms with van der Waals surface area (Å²) in [5.41, 5.74) is 12.3. The lowest BCUT2D eigenvalue weighted by atomic mass is 9.99. The molecule has 7 nitrogen and oxygen atoms in total. The Bertz CT molecular complexity index is 867. The van der Waals surface area contributed by atoms with Crippen LogP contribution in [0.3, 0.4) is 0 Å². The van der Waals surface area contributed by atoms with E-state index < -0.39 is 4.92 Å². The summed E-state index contributed by atoms with van der Waals surface area (Å²) >= 11 is 1.07. The number of fused-ring (bicyclic) bond motifs is 2. The molecule has 4 rings (SSSR count). The van der Waals surface area contributed by atoms with Crippen LogP contribution in [0, 0.1) is 10.1 Å². The molecule has 0 bridgehead atoms. The molecule has 0 fully saturated rings. The van der Waals surface area contributed by atoms with Gasteiger partial charge in [-0.25, -0.2) is 0 Å². The van der Waals surface area contributed by atoms with Crippen molar-refractivity contribution in [1.29, 1.82) is 0 Å². The second-order valence-electron chi connectivity index (χ2n) is 8.21. The fourth-order valence-electron chi connectivity index (χ4n) is 4.27. The van der Waals surface area contributed by atoms with Crippen LogP contribution < -0.4 is 16.2 Å². The summed E-state index contributed by atoms with van der Waals surface area (Å²) < 4.78 is 0. The zero-order valence-electron chi connectivity index (χ0n) is 19.5. The number of hydrogen-bond donors (Lipinski definition) is 3. The summed E-state index contributed by atoms with van der Waals surface area (Å²) in [4.78, 5) is 21.2. The molecule has 0 spiro atoms. The number of benzene rings is 2. The summed E-state index contributed by atoms with van der Waals surface area (Å²) in [6.45, 7) is 3.07. The van der Waals surface area contributed by atoms with Gasteiger partial charge in [0.05, 0.1) is 4.92 Å². The third-order valence-corrected chi connectivity index (χ3v) is 6.46. The van der Waals surface area contributed by atoms with E-state index in [4.69, 9.17) is 10.9 Å². The Balaban J connectivity index is 0.000000190. The molecule has 0 unspecified atom stereocenters. The van der Waals surface area contributed by atoms with Gasteiger partial charge in [0, 0.05) is 22.7 Å². The summed E-state index contributed by atoms with van der Waals surface area (Å²) in [7, 11) is 0. The number of anilines is 1. The molecule has 0 saturated carbocycles. The second-order valence-corrected chi connectivity index (χ2v) is 8.92. The average Bonchev–Trinajstić information content (AvgIpc) is 3.50. The van der Waals surface area contributed by atoms with Crippen molar-refractivity contribution in [3.8, 4) is 0 Å². The number of nitrogens with two attached hydrogens (primary N) is 2. The van der Waals surface area contributed by atoms with Gasteiger partial charge in [-0.3, -0.25) is 20.0 Å². The van der Waals surface area contributed by atoms with Gasteiger partial charge in [-0.1, -0.05) is 32.3 Å². The first kappa shape index (κ1) is 26.8. The number of amides is 1. The monoisotopic (exact) mass is 472 g/mol. The van der Waals surface area contributed by atoms with Crippen molar-refractivity contribution < 1.29 is 9.72 Å². The normalized spacial score (nSPS) is 13.1. The van der Waals surface area contributed by atoms with E-state index in [0.29, 0.717) is 0 Å². The molecule has 0 heterocycles. The maximum Gasteiger partial charge on any atom is 0.269 e. The van der Waals surface area contributed by atoms with Crippen LogP contribution in [-0.2, 0) is 30.5 Å². The number of nitro groups is 1. The molecule has 8 heteroatoms. The van der Waals surface area contributed by atoms with Crippen LogP contribution >= 0.6 is 11.9 Å². The van der Waals surface area contributed by atoms with Gasteiger partial charge in [-0.15, -0.1) is 0 Å². The van der Waals surface area contributed by atoms with E-state index in [1.807, 2.05) is 0 Å². The van der Waals surface area contributed by atoms with E-state index in [0.717, 1.165) is 48.3 Å². The van der Waals surface area contributed by atoms with Crippen molar-refractivity contribution in [3.63, 3.8) is 0 Å². The van der Waals surface area contributed by atoms with Crippen LogP contribution in [0.4, 0.5) is 11.4 Å². The number of nitro benzene ring substituents is 1. The van der Waals surface area contributed by atoms with Crippen molar-refractivity contribution in [1.82, 2.24) is 0 Å². The molecular weight excluding hydrogens is 436 g/mol. The van der Waals surface area contributed by atoms with Gasteiger partial charge < -0.3 is 11.1 Å². The summed E-state index contributed by atoms with van der Waals surface area (Å²) in [5, 5.41) is 18.3. The maximum absolute atomic E-state index is 10.7. The molecule has 5 N–H and O–H groups in total. The Morgan fingerprint density at radius 1 is 1.03 bits per heavy atom.